The maximum Gasteiger partial charge on any atom is 0.333 e. The van der Waals surface area contributed by atoms with E-state index >= 15 is 0 Å². The molecule has 0 aliphatic carbocycles. The van der Waals surface area contributed by atoms with Gasteiger partial charge in [-0.3, -0.25) is 9.36 Å². The van der Waals surface area contributed by atoms with Gasteiger partial charge in [-0.2, -0.15) is 0 Å². The van der Waals surface area contributed by atoms with Crippen molar-refractivity contribution in [3.8, 4) is 12.3 Å². The zero-order valence-corrected chi connectivity index (χ0v) is 10.9. The molecule has 20 heavy (non-hydrogen) atoms. The lowest BCUT2D eigenvalue weighted by atomic mass is 10.2. The number of aromatic nitrogens is 2. The average molecular weight is 280 g/mol. The van der Waals surface area contributed by atoms with Crippen LogP contribution in [0.5, 0.6) is 0 Å². The first-order chi connectivity index (χ1) is 9.62. The second-order valence-electron chi connectivity index (χ2n) is 4.57. The standard InChI is InChI=1S/C13H16N2O5/c1-2-5-14-12(18)9(7-16)6-15(13(14)19)11-4-3-10(8-17)20-11/h1,6,10-11,16-17H,3-5,7-8H2. The number of terminal acetylenes is 1. The minimum absolute atomic E-state index is 0.0795. The first kappa shape index (κ1) is 14.5. The van der Waals surface area contributed by atoms with E-state index in [1.807, 2.05) is 0 Å². The molecule has 2 heterocycles. The van der Waals surface area contributed by atoms with Crippen molar-refractivity contribution in [1.29, 1.82) is 0 Å². The molecular weight excluding hydrogens is 264 g/mol. The van der Waals surface area contributed by atoms with Crippen molar-refractivity contribution in [1.82, 2.24) is 9.13 Å². The molecule has 7 heteroatoms. The number of hydrogen-bond acceptors (Lipinski definition) is 5. The Morgan fingerprint density at radius 1 is 1.40 bits per heavy atom. The van der Waals surface area contributed by atoms with E-state index in [4.69, 9.17) is 16.3 Å². The molecule has 0 bridgehead atoms. The molecule has 0 aromatic carbocycles. The third-order valence-corrected chi connectivity index (χ3v) is 3.29. The lowest BCUT2D eigenvalue weighted by molar-refractivity contribution is -0.0254. The predicted octanol–water partition coefficient (Wildman–Crippen LogP) is -1.19. The lowest BCUT2D eigenvalue weighted by Gasteiger charge is -2.17. The van der Waals surface area contributed by atoms with Gasteiger partial charge >= 0.3 is 5.69 Å². The van der Waals surface area contributed by atoms with E-state index in [9.17, 15) is 14.7 Å². The SMILES string of the molecule is C#CCn1c(=O)c(CO)cn(C2CCC(CO)O2)c1=O. The van der Waals surface area contributed by atoms with Gasteiger partial charge in [-0.25, -0.2) is 9.36 Å². The molecule has 1 saturated heterocycles. The van der Waals surface area contributed by atoms with Crippen LogP contribution < -0.4 is 11.2 Å². The topological polar surface area (TPSA) is 93.7 Å². The molecule has 2 atom stereocenters. The highest BCUT2D eigenvalue weighted by Gasteiger charge is 2.27. The van der Waals surface area contributed by atoms with Gasteiger partial charge in [0.15, 0.2) is 0 Å². The lowest BCUT2D eigenvalue weighted by Crippen LogP contribution is -2.42. The first-order valence-corrected chi connectivity index (χ1v) is 6.27. The van der Waals surface area contributed by atoms with Gasteiger partial charge in [-0.1, -0.05) is 5.92 Å². The molecule has 2 unspecified atom stereocenters. The Balaban J connectivity index is 2.49. The minimum atomic E-state index is -0.594. The number of aliphatic hydroxyl groups is 2. The molecule has 1 aliphatic rings. The van der Waals surface area contributed by atoms with E-state index in [0.29, 0.717) is 12.8 Å². The van der Waals surface area contributed by atoms with Crippen molar-refractivity contribution in [2.45, 2.75) is 38.3 Å². The fraction of sp³-hybridized carbons (Fsp3) is 0.538. The molecular formula is C13H16N2O5. The van der Waals surface area contributed by atoms with E-state index < -0.39 is 24.1 Å². The third-order valence-electron chi connectivity index (χ3n) is 3.29. The van der Waals surface area contributed by atoms with Crippen LogP contribution in [-0.4, -0.2) is 32.1 Å². The molecule has 2 rings (SSSR count). The number of ether oxygens (including phenoxy) is 1. The molecule has 0 spiro atoms. The van der Waals surface area contributed by atoms with Crippen LogP contribution in [0.3, 0.4) is 0 Å². The molecule has 0 saturated carbocycles. The summed E-state index contributed by atoms with van der Waals surface area (Å²) in [7, 11) is 0. The van der Waals surface area contributed by atoms with Crippen LogP contribution >= 0.6 is 0 Å². The van der Waals surface area contributed by atoms with Gasteiger partial charge in [0, 0.05) is 6.20 Å². The van der Waals surface area contributed by atoms with Crippen LogP contribution in [-0.2, 0) is 17.9 Å². The van der Waals surface area contributed by atoms with E-state index in [2.05, 4.69) is 5.92 Å². The van der Waals surface area contributed by atoms with Crippen molar-refractivity contribution in [3.05, 3.63) is 32.6 Å². The smallest absolute Gasteiger partial charge is 0.333 e. The molecule has 1 aliphatic heterocycles. The van der Waals surface area contributed by atoms with Gasteiger partial charge < -0.3 is 14.9 Å². The summed E-state index contributed by atoms with van der Waals surface area (Å²) in [5.41, 5.74) is -1.09. The average Bonchev–Trinajstić information content (AvgIpc) is 2.92. The highest BCUT2D eigenvalue weighted by molar-refractivity contribution is 5.06. The number of rotatable bonds is 4. The molecule has 1 fully saturated rings. The van der Waals surface area contributed by atoms with Crippen molar-refractivity contribution >= 4 is 0 Å². The molecule has 108 valence electrons. The largest absolute Gasteiger partial charge is 0.394 e. The van der Waals surface area contributed by atoms with Crippen molar-refractivity contribution in [2.24, 2.45) is 0 Å². The quantitative estimate of drug-likeness (QED) is 0.676. The normalized spacial score (nSPS) is 21.9. The Morgan fingerprint density at radius 3 is 2.70 bits per heavy atom. The maximum absolute atomic E-state index is 12.2. The highest BCUT2D eigenvalue weighted by atomic mass is 16.5. The molecule has 1 aromatic heterocycles. The summed E-state index contributed by atoms with van der Waals surface area (Å²) >= 11 is 0. The van der Waals surface area contributed by atoms with Crippen molar-refractivity contribution < 1.29 is 14.9 Å². The van der Waals surface area contributed by atoms with E-state index in [0.717, 1.165) is 4.57 Å². The molecule has 2 N–H and O–H groups in total. The zero-order chi connectivity index (χ0) is 14.7. The molecule has 0 radical (unpaired) electrons. The Hall–Kier alpha value is -1.88. The van der Waals surface area contributed by atoms with Gasteiger partial charge in [-0.15, -0.1) is 6.42 Å². The summed E-state index contributed by atoms with van der Waals surface area (Å²) in [5, 5.41) is 18.3. The van der Waals surface area contributed by atoms with Gasteiger partial charge in [0.1, 0.15) is 6.23 Å². The van der Waals surface area contributed by atoms with Crippen LogP contribution in [0, 0.1) is 12.3 Å². The fourth-order valence-corrected chi connectivity index (χ4v) is 2.25. The van der Waals surface area contributed by atoms with Crippen LogP contribution in [0.1, 0.15) is 24.6 Å². The van der Waals surface area contributed by atoms with Crippen LogP contribution in [0.2, 0.25) is 0 Å². The second-order valence-corrected chi connectivity index (χ2v) is 4.57. The third kappa shape index (κ3) is 2.54. The Morgan fingerprint density at radius 2 is 2.15 bits per heavy atom. The van der Waals surface area contributed by atoms with E-state index in [-0.39, 0.29) is 24.8 Å². The van der Waals surface area contributed by atoms with Gasteiger partial charge in [0.05, 0.1) is 31.4 Å². The number of nitrogens with zero attached hydrogens (tertiary/aromatic N) is 2. The van der Waals surface area contributed by atoms with E-state index in [1.165, 1.54) is 10.8 Å². The zero-order valence-electron chi connectivity index (χ0n) is 10.9. The van der Waals surface area contributed by atoms with Gasteiger partial charge in [-0.05, 0) is 12.8 Å². The highest BCUT2D eigenvalue weighted by Crippen LogP contribution is 2.26. The fourth-order valence-electron chi connectivity index (χ4n) is 2.25. The summed E-state index contributed by atoms with van der Waals surface area (Å²) in [6.45, 7) is -0.774. The number of hydrogen-bond donors (Lipinski definition) is 2. The Bertz CT molecular complexity index is 640. The van der Waals surface area contributed by atoms with Gasteiger partial charge in [0.25, 0.3) is 5.56 Å². The summed E-state index contributed by atoms with van der Waals surface area (Å²) in [6.07, 6.45) is 6.73. The minimum Gasteiger partial charge on any atom is -0.394 e. The van der Waals surface area contributed by atoms with Crippen molar-refractivity contribution in [2.75, 3.05) is 6.61 Å². The molecule has 7 nitrogen and oxygen atoms in total. The molecule has 0 amide bonds. The van der Waals surface area contributed by atoms with Crippen LogP contribution in [0.15, 0.2) is 15.8 Å². The summed E-state index contributed by atoms with van der Waals surface area (Å²) in [6, 6.07) is 0. The maximum atomic E-state index is 12.2. The van der Waals surface area contributed by atoms with Gasteiger partial charge in [0.2, 0.25) is 0 Å². The Kier molecular flexibility index (Phi) is 4.39. The van der Waals surface area contributed by atoms with E-state index in [1.54, 1.807) is 0 Å². The number of aliphatic hydroxyl groups excluding tert-OH is 2. The monoisotopic (exact) mass is 280 g/mol. The molecule has 1 aromatic rings. The second kappa shape index (κ2) is 6.05. The summed E-state index contributed by atoms with van der Waals surface area (Å²) < 4.78 is 7.65. The summed E-state index contributed by atoms with van der Waals surface area (Å²) in [5.74, 6) is 2.24. The van der Waals surface area contributed by atoms with Crippen LogP contribution in [0.25, 0.3) is 0 Å². The van der Waals surface area contributed by atoms with Crippen LogP contribution in [0.4, 0.5) is 0 Å². The first-order valence-electron chi connectivity index (χ1n) is 6.27. The predicted molar refractivity (Wildman–Crippen MR) is 69.9 cm³/mol. The van der Waals surface area contributed by atoms with Crippen molar-refractivity contribution in [3.63, 3.8) is 0 Å². The Labute approximate surface area is 115 Å². The summed E-state index contributed by atoms with van der Waals surface area (Å²) in [4.78, 5) is 24.1.